The molecule has 0 aliphatic carbocycles. The van der Waals surface area contributed by atoms with Gasteiger partial charge in [-0.3, -0.25) is 9.59 Å². The fourth-order valence-electron chi connectivity index (χ4n) is 3.82. The van der Waals surface area contributed by atoms with Crippen molar-refractivity contribution in [1.29, 1.82) is 0 Å². The third kappa shape index (κ3) is 3.19. The number of hydrogen-bond acceptors (Lipinski definition) is 9. The van der Waals surface area contributed by atoms with Crippen LogP contribution in [-0.2, 0) is 0 Å². The van der Waals surface area contributed by atoms with E-state index in [1.165, 1.54) is 13.2 Å². The number of pyridine rings is 1. The van der Waals surface area contributed by atoms with Gasteiger partial charge < -0.3 is 19.8 Å². The van der Waals surface area contributed by atoms with E-state index in [-0.39, 0.29) is 22.0 Å². The highest BCUT2D eigenvalue weighted by Crippen LogP contribution is 2.43. The maximum absolute atomic E-state index is 13.5. The molecular weight excluding hydrogens is 444 g/mol. The average molecular weight is 460 g/mol. The second-order valence-electron chi connectivity index (χ2n) is 7.29. The molecule has 33 heavy (non-hydrogen) atoms. The van der Waals surface area contributed by atoms with Gasteiger partial charge in [-0.2, -0.15) is 0 Å². The van der Waals surface area contributed by atoms with Crippen LogP contribution >= 0.6 is 11.3 Å². The summed E-state index contributed by atoms with van der Waals surface area (Å²) >= 11 is 1.03. The molecule has 164 valence electrons. The Morgan fingerprint density at radius 1 is 1.15 bits per heavy atom. The molecule has 1 aromatic carbocycles. The van der Waals surface area contributed by atoms with Crippen molar-refractivity contribution in [2.45, 2.75) is 13.8 Å². The van der Waals surface area contributed by atoms with Crippen LogP contribution in [0.1, 0.15) is 38.3 Å². The monoisotopic (exact) mass is 460 g/mol. The van der Waals surface area contributed by atoms with Crippen molar-refractivity contribution in [3.63, 3.8) is 0 Å². The van der Waals surface area contributed by atoms with Gasteiger partial charge in [-0.1, -0.05) is 18.2 Å². The van der Waals surface area contributed by atoms with Crippen LogP contribution in [0.4, 0.5) is 5.69 Å². The van der Waals surface area contributed by atoms with Crippen LogP contribution in [0.5, 0.6) is 5.95 Å². The summed E-state index contributed by atoms with van der Waals surface area (Å²) in [6, 6.07) is 12.1. The average Bonchev–Trinajstić information content (AvgIpc) is 3.52. The van der Waals surface area contributed by atoms with Gasteiger partial charge in [0.1, 0.15) is 15.5 Å². The predicted octanol–water partition coefficient (Wildman–Crippen LogP) is 3.22. The first-order valence-electron chi connectivity index (χ1n) is 9.85. The summed E-state index contributed by atoms with van der Waals surface area (Å²) in [6.45, 7) is 3.14. The van der Waals surface area contributed by atoms with Crippen LogP contribution in [0.3, 0.4) is 0 Å². The summed E-state index contributed by atoms with van der Waals surface area (Å²) in [5.74, 6) is -1.33. The van der Waals surface area contributed by atoms with E-state index in [4.69, 9.17) is 14.7 Å². The summed E-state index contributed by atoms with van der Waals surface area (Å²) in [4.78, 5) is 31.0. The smallest absolute Gasteiger partial charge is 0.312 e. The first-order chi connectivity index (χ1) is 15.9. The van der Waals surface area contributed by atoms with Gasteiger partial charge in [-0.15, -0.1) is 11.3 Å². The number of aromatic nitrogens is 3. The van der Waals surface area contributed by atoms with Crippen LogP contribution in [-0.4, -0.2) is 21.8 Å². The van der Waals surface area contributed by atoms with Crippen LogP contribution < -0.4 is 15.5 Å². The van der Waals surface area contributed by atoms with Crippen molar-refractivity contribution in [2.75, 3.05) is 5.73 Å². The normalized spacial score (nSPS) is 11.2. The first-order valence-corrected chi connectivity index (χ1v) is 10.7. The van der Waals surface area contributed by atoms with Gasteiger partial charge in [-0.05, 0) is 30.7 Å². The van der Waals surface area contributed by atoms with Crippen molar-refractivity contribution < 1.29 is 28.3 Å². The minimum atomic E-state index is -0.888. The number of anilines is 1. The molecule has 0 atom stereocenters. The fraction of sp³-hybridized carbons (Fsp3) is 0.0870. The van der Waals surface area contributed by atoms with E-state index in [9.17, 15) is 14.7 Å². The molecule has 5 aromatic rings. The van der Waals surface area contributed by atoms with Crippen molar-refractivity contribution in [2.24, 2.45) is 0 Å². The maximum Gasteiger partial charge on any atom is 0.312 e. The predicted molar refractivity (Wildman–Crippen MR) is 117 cm³/mol. The number of nitrogens with two attached hydrogens (primary N) is 1. The second-order valence-corrected chi connectivity index (χ2v) is 8.29. The molecular formula is C23H16N4O5S. The zero-order valence-corrected chi connectivity index (χ0v) is 18.3. The summed E-state index contributed by atoms with van der Waals surface area (Å²) in [7, 11) is 0. The Morgan fingerprint density at radius 2 is 1.91 bits per heavy atom. The Morgan fingerprint density at radius 3 is 2.58 bits per heavy atom. The molecule has 10 heteroatoms. The molecule has 0 spiro atoms. The molecule has 2 N–H and O–H groups in total. The molecule has 0 saturated carbocycles. The molecule has 0 amide bonds. The maximum atomic E-state index is 13.5. The standard InChI is InChI=1S/C23H16N4O5S/c1-11-15(12(2)28)16(14-9-6-10-31-14)17-18(24)21(33-22(17)25-11)20(29)19-23(30)32-26-27(19)13-7-4-3-5-8-13/h3-10H,1-2H3,(H2-,24,26,29,30). The number of hydrogen-bond donors (Lipinski definition) is 1. The van der Waals surface area contributed by atoms with Gasteiger partial charge in [-0.25, -0.2) is 4.98 Å². The minimum Gasteiger partial charge on any atom is -0.539 e. The van der Waals surface area contributed by atoms with E-state index in [0.29, 0.717) is 38.5 Å². The number of thiophene rings is 1. The highest BCUT2D eigenvalue weighted by atomic mass is 32.1. The largest absolute Gasteiger partial charge is 0.539 e. The number of para-hydroxylation sites is 1. The summed E-state index contributed by atoms with van der Waals surface area (Å²) in [5, 5.41) is 16.6. The van der Waals surface area contributed by atoms with Gasteiger partial charge in [0, 0.05) is 23.1 Å². The number of aryl methyl sites for hydroxylation is 1. The van der Waals surface area contributed by atoms with Gasteiger partial charge in [0.2, 0.25) is 5.69 Å². The number of furan rings is 1. The van der Waals surface area contributed by atoms with Crippen molar-refractivity contribution in [3.8, 4) is 23.0 Å². The Labute approximate surface area is 190 Å². The van der Waals surface area contributed by atoms with Crippen LogP contribution in [0.2, 0.25) is 0 Å². The number of benzene rings is 1. The number of Topliss-reactive ketones (excluding diaryl/α,β-unsaturated/α-hetero) is 1. The van der Waals surface area contributed by atoms with E-state index >= 15 is 0 Å². The number of fused-ring (bicyclic) bond motifs is 1. The summed E-state index contributed by atoms with van der Waals surface area (Å²) < 4.78 is 11.5. The summed E-state index contributed by atoms with van der Waals surface area (Å²) in [6.07, 6.45) is 1.49. The zero-order chi connectivity index (χ0) is 23.3. The number of nitrogens with zero attached hydrogens (tertiary/aromatic N) is 3. The second kappa shape index (κ2) is 7.68. The molecule has 5 rings (SSSR count). The molecule has 4 heterocycles. The highest BCUT2D eigenvalue weighted by molar-refractivity contribution is 7.21. The lowest BCUT2D eigenvalue weighted by atomic mass is 9.97. The van der Waals surface area contributed by atoms with Crippen molar-refractivity contribution in [1.82, 2.24) is 10.3 Å². The lowest BCUT2D eigenvalue weighted by Crippen LogP contribution is -2.39. The third-order valence-electron chi connectivity index (χ3n) is 5.21. The Bertz CT molecular complexity index is 1530. The Balaban J connectivity index is 1.77. The van der Waals surface area contributed by atoms with E-state index in [1.807, 2.05) is 0 Å². The number of carbonyl (C=O) groups is 2. The number of carbonyl (C=O) groups excluding carboxylic acids is 2. The van der Waals surface area contributed by atoms with E-state index in [0.717, 1.165) is 16.0 Å². The molecule has 0 saturated heterocycles. The lowest BCUT2D eigenvalue weighted by molar-refractivity contribution is -0.672. The number of rotatable bonds is 5. The molecule has 0 fully saturated rings. The van der Waals surface area contributed by atoms with Crippen LogP contribution in [0, 0.1) is 6.92 Å². The molecule has 0 radical (unpaired) electrons. The van der Waals surface area contributed by atoms with Gasteiger partial charge in [0.15, 0.2) is 11.7 Å². The minimum absolute atomic E-state index is 0.0930. The van der Waals surface area contributed by atoms with Gasteiger partial charge in [0.05, 0.1) is 28.5 Å². The number of ketones is 2. The zero-order valence-electron chi connectivity index (χ0n) is 17.5. The highest BCUT2D eigenvalue weighted by Gasteiger charge is 2.33. The summed E-state index contributed by atoms with van der Waals surface area (Å²) in [5.41, 5.74) is 8.04. The Kier molecular flexibility index (Phi) is 4.79. The first kappa shape index (κ1) is 20.6. The quantitative estimate of drug-likeness (QED) is 0.311. The molecule has 0 aliphatic rings. The van der Waals surface area contributed by atoms with Crippen molar-refractivity contribution in [3.05, 3.63) is 70.6 Å². The molecule has 0 unspecified atom stereocenters. The third-order valence-corrected chi connectivity index (χ3v) is 6.31. The Hall–Kier alpha value is -4.31. The van der Waals surface area contributed by atoms with Crippen molar-refractivity contribution >= 4 is 38.8 Å². The molecule has 0 aliphatic heterocycles. The molecule has 4 aromatic heterocycles. The van der Waals surface area contributed by atoms with E-state index < -0.39 is 11.7 Å². The molecule has 0 bridgehead atoms. The SMILES string of the molecule is CC(=O)c1c(C)nc2sc(C(=O)c3c([O-])on[n+]3-c3ccccc3)c(N)c2c1-c1ccco1. The van der Waals surface area contributed by atoms with E-state index in [1.54, 1.807) is 49.4 Å². The van der Waals surface area contributed by atoms with E-state index in [2.05, 4.69) is 10.3 Å². The van der Waals surface area contributed by atoms with Crippen LogP contribution in [0.25, 0.3) is 27.2 Å². The topological polar surface area (TPSA) is 139 Å². The van der Waals surface area contributed by atoms with Gasteiger partial charge in [0.25, 0.3) is 5.78 Å². The molecule has 9 nitrogen and oxygen atoms in total. The van der Waals surface area contributed by atoms with Gasteiger partial charge >= 0.3 is 5.69 Å². The number of nitrogen functional groups attached to an aromatic ring is 1. The lowest BCUT2D eigenvalue weighted by Gasteiger charge is -2.10. The van der Waals surface area contributed by atoms with Crippen LogP contribution in [0.15, 0.2) is 57.7 Å². The fourth-order valence-corrected chi connectivity index (χ4v) is 4.91.